The van der Waals surface area contributed by atoms with Crippen LogP contribution in [0.4, 0.5) is 0 Å². The average molecular weight is 1370 g/mol. The Morgan fingerprint density at radius 3 is 0.877 bits per heavy atom. The number of rotatable bonds is 57. The van der Waals surface area contributed by atoms with Crippen LogP contribution in [-0.2, 0) is 132 Å². The molecule has 4 N–H and O–H groups in total. The first kappa shape index (κ1) is 81.8. The number of aliphatic hydroxyl groups is 1. The molecule has 0 aromatic carbocycles. The summed E-state index contributed by atoms with van der Waals surface area (Å²) >= 11 is 0. The number of phosphoric ester groups is 8. The highest BCUT2D eigenvalue weighted by atomic mass is 31.2. The summed E-state index contributed by atoms with van der Waals surface area (Å²) in [4.78, 5) is 108. The molecule has 0 spiro atoms. The zero-order valence-corrected chi connectivity index (χ0v) is 51.5. The molecule has 0 amide bonds. The summed E-state index contributed by atoms with van der Waals surface area (Å²) in [5.74, 6) is 0. The van der Waals surface area contributed by atoms with Crippen LogP contribution in [0.2, 0.25) is 0 Å². The van der Waals surface area contributed by atoms with Gasteiger partial charge in [-0.1, -0.05) is 0 Å². The molecule has 0 aliphatic rings. The van der Waals surface area contributed by atoms with Crippen molar-refractivity contribution < 1.29 is 181 Å². The minimum atomic E-state index is -5.47. The van der Waals surface area contributed by atoms with Gasteiger partial charge >= 0.3 is 0 Å². The highest BCUT2D eigenvalue weighted by Crippen LogP contribution is 2.47. The molecule has 0 aromatic heterocycles. The summed E-state index contributed by atoms with van der Waals surface area (Å²) in [5.41, 5.74) is 0. The molecule has 42 nitrogen and oxygen atoms in total. The Hall–Kier alpha value is 0.750. The van der Waals surface area contributed by atoms with Gasteiger partial charge in [0.15, 0.2) is 0 Å². The van der Waals surface area contributed by atoms with E-state index < -0.39 is 201 Å². The average Bonchev–Trinajstić information content (AvgIpc) is 3.35. The monoisotopic (exact) mass is 1370 g/mol. The van der Waals surface area contributed by atoms with Crippen molar-refractivity contribution in [2.45, 2.75) is 31.2 Å². The quantitative estimate of drug-likeness (QED) is 0.0251. The molecule has 0 aromatic rings. The molecule has 12 unspecified atom stereocenters. The number of hydrogen-bond acceptors (Lipinski definition) is 42. The lowest BCUT2D eigenvalue weighted by Crippen LogP contribution is -2.30. The van der Waals surface area contributed by atoms with E-state index in [0.29, 0.717) is 0 Å². The van der Waals surface area contributed by atoms with Gasteiger partial charge in [-0.2, -0.15) is 0 Å². The van der Waals surface area contributed by atoms with Crippen LogP contribution in [0.15, 0.2) is 0 Å². The fourth-order valence-corrected chi connectivity index (χ4v) is 11.0. The number of nitrogens with one attached hydrogen (secondary N) is 3. The van der Waals surface area contributed by atoms with Crippen LogP contribution in [0, 0.1) is 0 Å². The fourth-order valence-electron chi connectivity index (χ4n) is 4.54. The summed E-state index contributed by atoms with van der Waals surface area (Å²) in [5, 5.41) is 17.1. The van der Waals surface area contributed by atoms with Crippen LogP contribution < -0.4 is 60.0 Å². The minimum Gasteiger partial charge on any atom is -0.779 e. The maximum atomic E-state index is 12.6. The summed E-state index contributed by atoms with van der Waals surface area (Å²) in [6.45, 7) is -14.9. The third-order valence-corrected chi connectivity index (χ3v) is 16.4. The zero-order valence-electron chi connectivity index (χ0n) is 43.5. The molecule has 0 heterocycles. The largest absolute Gasteiger partial charge is 0.779 e. The van der Waals surface area contributed by atoms with Gasteiger partial charge in [-0.05, 0) is 34.0 Å². The van der Waals surface area contributed by atoms with Gasteiger partial charge in [-0.15, -0.1) is 0 Å². The third-order valence-electron chi connectivity index (χ3n) is 7.66. The molecule has 12 atom stereocenters. The molecule has 0 saturated carbocycles. The first-order chi connectivity index (χ1) is 37.5. The van der Waals surface area contributed by atoms with E-state index >= 15 is 0 Å². The molecule has 0 aliphatic heterocycles. The van der Waals surface area contributed by atoms with Gasteiger partial charge in [0.2, 0.25) is 0 Å². The summed E-state index contributed by atoms with van der Waals surface area (Å²) in [6, 6.07) is 0. The Morgan fingerprint density at radius 1 is 0.321 bits per heavy atom. The highest BCUT2D eigenvalue weighted by molar-refractivity contribution is 7.50. The first-order valence-corrected chi connectivity index (χ1v) is 36.3. The van der Waals surface area contributed by atoms with E-state index in [-0.39, 0.29) is 39.8 Å². The van der Waals surface area contributed by atoms with Gasteiger partial charge in [0, 0.05) is 6.66 Å². The highest BCUT2D eigenvalue weighted by Gasteiger charge is 2.25. The Bertz CT molecular complexity index is 2150. The number of hydrogen-bond donors (Lipinski definition) is 4. The van der Waals surface area contributed by atoms with E-state index in [1.54, 1.807) is 7.05 Å². The molecular weight excluding hydrogens is 1310 g/mol. The van der Waals surface area contributed by atoms with Gasteiger partial charge in [0.05, 0.1) is 151 Å². The van der Waals surface area contributed by atoms with Crippen molar-refractivity contribution in [3.8, 4) is 0 Å². The second kappa shape index (κ2) is 42.6. The number of aliphatic hydroxyl groups excluding tert-OH is 1. The van der Waals surface area contributed by atoms with Crippen LogP contribution in [0.1, 0.15) is 12.8 Å². The van der Waals surface area contributed by atoms with Crippen LogP contribution in [0.5, 0.6) is 0 Å². The zero-order chi connectivity index (χ0) is 61.8. The topological polar surface area (TPSA) is 602 Å². The van der Waals surface area contributed by atoms with E-state index in [1.165, 1.54) is 14.1 Å². The van der Waals surface area contributed by atoms with E-state index in [1.807, 2.05) is 0 Å². The van der Waals surface area contributed by atoms with E-state index in [4.69, 9.17) is 23.3 Å². The molecule has 0 rings (SSSR count). The lowest BCUT2D eigenvalue weighted by Gasteiger charge is -2.31. The molecule has 0 aliphatic carbocycles. The van der Waals surface area contributed by atoms with Crippen molar-refractivity contribution in [1.29, 1.82) is 0 Å². The predicted molar refractivity (Wildman–Crippen MR) is 248 cm³/mol. The van der Waals surface area contributed by atoms with Crippen molar-refractivity contribution >= 4 is 70.2 Å². The second-order valence-electron chi connectivity index (χ2n) is 14.6. The van der Waals surface area contributed by atoms with Gasteiger partial charge in [0.1, 0.15) is 13.7 Å². The van der Waals surface area contributed by atoms with Crippen molar-refractivity contribution in [3.63, 3.8) is 0 Å². The van der Waals surface area contributed by atoms with Crippen LogP contribution in [0.3, 0.4) is 0 Å². The number of ether oxygens (including phenoxy) is 3. The lowest BCUT2D eigenvalue weighted by atomic mass is 10.3. The van der Waals surface area contributed by atoms with Crippen LogP contribution in [-0.4, -0.2) is 190 Å². The molecular formula is C30H65N3O39P9-9. The second-order valence-corrected chi connectivity index (χ2v) is 27.5. The summed E-state index contributed by atoms with van der Waals surface area (Å²) in [7, 11) is -42.0. The van der Waals surface area contributed by atoms with E-state index in [2.05, 4.69) is 83.8 Å². The Labute approximate surface area is 464 Å². The number of phosphoric acid groups is 8. The predicted octanol–water partition coefficient (Wildman–Crippen LogP) is -5.34. The normalized spacial score (nSPS) is 20.2. The SMILES string of the molecule is CNCOCCC(CO)OP(=O)([O-])OCCOP(=O)([O-])OCCOP(=O)([O-])OCCOP(=O)([O-])OCCOP(=O)([O-])OCC(CCOCNC)OP(=O)([O-])OCCOP(=O)([O-])OCC(COCNC)OP(=O)([O-])OCCOP(C)(=O)[O-]. The van der Waals surface area contributed by atoms with E-state index in [0.717, 1.165) is 6.66 Å². The Morgan fingerprint density at radius 2 is 0.568 bits per heavy atom. The smallest absolute Gasteiger partial charge is 0.268 e. The maximum absolute atomic E-state index is 12.6. The summed E-state index contributed by atoms with van der Waals surface area (Å²) in [6.07, 6.45) is -5.09. The van der Waals surface area contributed by atoms with Crippen molar-refractivity contribution in [2.75, 3.05) is 167 Å². The fraction of sp³-hybridized carbons (Fsp3) is 1.00. The molecule has 0 radical (unpaired) electrons. The summed E-state index contributed by atoms with van der Waals surface area (Å²) < 4.78 is 200. The molecule has 51 heteroatoms. The third kappa shape index (κ3) is 49.3. The van der Waals surface area contributed by atoms with Gasteiger partial charge in [-0.3, -0.25) is 52.5 Å². The van der Waals surface area contributed by atoms with Gasteiger partial charge < -0.3 is 145 Å². The molecule has 0 bridgehead atoms. The van der Waals surface area contributed by atoms with Crippen molar-refractivity contribution in [3.05, 3.63) is 0 Å². The lowest BCUT2D eigenvalue weighted by molar-refractivity contribution is -0.243. The van der Waals surface area contributed by atoms with Gasteiger partial charge in [-0.25, -0.2) is 0 Å². The molecule has 0 saturated heterocycles. The van der Waals surface area contributed by atoms with E-state index in [9.17, 15) is 90.2 Å². The van der Waals surface area contributed by atoms with Crippen molar-refractivity contribution in [1.82, 2.24) is 16.0 Å². The molecule has 0 fully saturated rings. The standard InChI is InChI=1S/C30H74N3O39P9/c1-31-25-53-7-5-28(21-34)70-79(47,48)66-19-17-62-76(41,42)60-14-13-58-74(37,38)57-11-12-59-75(39,40)61-15-16-63-77(43,44)68-23-29(6-8-54-26-32-2)71-80(49,50)67-20-18-64-78(45,46)69-24-30(22-55-27-33-3)72-81(51,52)65-10-9-56-73(4,35)36/h28-34H,5-27H2,1-4H3,(H,35,36)(H,37,38)(H,39,40)(H,41,42)(H,43,44)(H,45,46)(H,47,48)(H,49,50)(H,51,52)/p-9. The maximum Gasteiger partial charge on any atom is 0.268 e. The molecule has 488 valence electrons. The Balaban J connectivity index is 4.86. The first-order valence-electron chi connectivity index (χ1n) is 22.6. The van der Waals surface area contributed by atoms with Crippen molar-refractivity contribution in [2.24, 2.45) is 0 Å². The molecule has 81 heavy (non-hydrogen) atoms. The van der Waals surface area contributed by atoms with Crippen LogP contribution in [0.25, 0.3) is 0 Å². The van der Waals surface area contributed by atoms with Crippen LogP contribution >= 0.6 is 70.2 Å². The minimum absolute atomic E-state index is 0.0135. The Kier molecular flexibility index (Phi) is 43.0. The van der Waals surface area contributed by atoms with Gasteiger partial charge in [0.25, 0.3) is 62.6 Å².